The average Bonchev–Trinajstić information content (AvgIpc) is 3.76. The number of thiophene rings is 1. The highest BCUT2D eigenvalue weighted by atomic mass is 32.1. The summed E-state index contributed by atoms with van der Waals surface area (Å²) in [7, 11) is 0. The molecule has 0 spiro atoms. The van der Waals surface area contributed by atoms with E-state index in [9.17, 15) is 0 Å². The van der Waals surface area contributed by atoms with E-state index in [1.54, 1.807) is 16.7 Å². The lowest BCUT2D eigenvalue weighted by atomic mass is 9.42. The third-order valence-corrected chi connectivity index (χ3v) is 19.7. The molecule has 0 saturated heterocycles. The molecule has 2 unspecified atom stereocenters. The summed E-state index contributed by atoms with van der Waals surface area (Å²) in [5.74, 6) is 0. The molecule has 68 heavy (non-hydrogen) atoms. The molecular formula is C64H67BN2S. The zero-order valence-corrected chi connectivity index (χ0v) is 43.4. The van der Waals surface area contributed by atoms with Crippen molar-refractivity contribution < 1.29 is 0 Å². The Bertz CT molecular complexity index is 3490. The molecule has 2 atom stereocenters. The van der Waals surface area contributed by atoms with E-state index in [1.807, 2.05) is 11.3 Å². The van der Waals surface area contributed by atoms with E-state index in [1.165, 1.54) is 137 Å². The van der Waals surface area contributed by atoms with Crippen LogP contribution in [0.2, 0.25) is 0 Å². The van der Waals surface area contributed by atoms with Crippen LogP contribution in [0.5, 0.6) is 0 Å². The van der Waals surface area contributed by atoms with Crippen molar-refractivity contribution in [3.8, 4) is 22.3 Å². The predicted molar refractivity (Wildman–Crippen MR) is 297 cm³/mol. The molecule has 0 radical (unpaired) electrons. The van der Waals surface area contributed by atoms with E-state index in [-0.39, 0.29) is 39.5 Å². The van der Waals surface area contributed by atoms with E-state index < -0.39 is 0 Å². The molecule has 2 nitrogen and oxygen atoms in total. The third-order valence-electron chi connectivity index (χ3n) is 18.5. The highest BCUT2D eigenvalue weighted by Crippen LogP contribution is 2.64. The minimum atomic E-state index is -0.0759. The van der Waals surface area contributed by atoms with Crippen molar-refractivity contribution in [2.24, 2.45) is 0 Å². The maximum Gasteiger partial charge on any atom is 0.328 e. The molecule has 8 aromatic rings. The number of rotatable bonds is 2. The molecule has 342 valence electrons. The van der Waals surface area contributed by atoms with Crippen LogP contribution in [0.3, 0.4) is 0 Å². The Hall–Kier alpha value is -5.32. The van der Waals surface area contributed by atoms with Crippen molar-refractivity contribution >= 4 is 82.8 Å². The van der Waals surface area contributed by atoms with Gasteiger partial charge in [0.05, 0.1) is 11.4 Å². The van der Waals surface area contributed by atoms with E-state index >= 15 is 0 Å². The first-order valence-electron chi connectivity index (χ1n) is 25.8. The Morgan fingerprint density at radius 1 is 0.515 bits per heavy atom. The number of fused-ring (bicyclic) bond motifs is 13. The Kier molecular flexibility index (Phi) is 8.63. The van der Waals surface area contributed by atoms with E-state index in [2.05, 4.69) is 208 Å². The summed E-state index contributed by atoms with van der Waals surface area (Å²) < 4.78 is 2.79. The molecule has 1 saturated carbocycles. The van der Waals surface area contributed by atoms with Gasteiger partial charge in [0.15, 0.2) is 0 Å². The van der Waals surface area contributed by atoms with Crippen LogP contribution < -0.4 is 20.6 Å². The second kappa shape index (κ2) is 13.7. The molecular weight excluding hydrogens is 840 g/mol. The molecule has 0 amide bonds. The lowest BCUT2D eigenvalue weighted by Crippen LogP contribution is -2.70. The Morgan fingerprint density at radius 2 is 1.16 bits per heavy atom. The van der Waals surface area contributed by atoms with Crippen molar-refractivity contribution in [2.45, 2.75) is 154 Å². The third kappa shape index (κ3) is 5.65. The normalized spacial score (nSPS) is 22.0. The van der Waals surface area contributed by atoms with Crippen LogP contribution in [0, 0.1) is 0 Å². The average molecular weight is 907 g/mol. The van der Waals surface area contributed by atoms with Crippen molar-refractivity contribution in [3.05, 3.63) is 143 Å². The first-order valence-corrected chi connectivity index (χ1v) is 26.6. The Labute approximate surface area is 409 Å². The van der Waals surface area contributed by atoms with Crippen LogP contribution in [-0.2, 0) is 27.1 Å². The zero-order chi connectivity index (χ0) is 47.2. The molecule has 3 aliphatic heterocycles. The molecule has 0 N–H and O–H groups in total. The first kappa shape index (κ1) is 42.8. The first-order chi connectivity index (χ1) is 32.2. The Morgan fingerprint density at radius 3 is 1.90 bits per heavy atom. The van der Waals surface area contributed by atoms with Gasteiger partial charge >= 0.3 is 6.85 Å². The van der Waals surface area contributed by atoms with Gasteiger partial charge in [0.1, 0.15) is 0 Å². The van der Waals surface area contributed by atoms with E-state index in [4.69, 9.17) is 0 Å². The lowest BCUT2D eigenvalue weighted by molar-refractivity contribution is 0.199. The van der Waals surface area contributed by atoms with Gasteiger partial charge in [-0.15, -0.1) is 11.3 Å². The zero-order valence-electron chi connectivity index (χ0n) is 42.6. The second-order valence-corrected chi connectivity index (χ2v) is 26.6. The fraction of sp³-hybridized carbons (Fsp3) is 0.375. The standard InChI is InChI=1S/C64H67BN2S/c1-59(2,3)40-24-25-52(43(31-40)38-20-14-13-15-21-38)66-53-37-55-45(44-34-48-49(36-54(44)68-55)62(9,10)29-28-61(48,7)8)35-51(53)65-56-46(30-39-22-16-17-23-42(39)58(56)66)47-32-41(60(4,5)6)33-50-57(47)67(65)64(12)27-19-18-26-63(50,64)11/h13-17,20-25,30-37H,18-19,26-29H2,1-12H3. The van der Waals surface area contributed by atoms with Gasteiger partial charge in [-0.25, -0.2) is 0 Å². The Balaban J connectivity index is 1.21. The van der Waals surface area contributed by atoms with Gasteiger partial charge in [-0.05, 0) is 152 Å². The monoisotopic (exact) mass is 907 g/mol. The van der Waals surface area contributed by atoms with Crippen LogP contribution in [-0.4, -0.2) is 12.4 Å². The van der Waals surface area contributed by atoms with Crippen LogP contribution in [0.4, 0.5) is 22.7 Å². The summed E-state index contributed by atoms with van der Waals surface area (Å²) in [5, 5.41) is 5.46. The van der Waals surface area contributed by atoms with Crippen LogP contribution in [0.1, 0.15) is 149 Å². The van der Waals surface area contributed by atoms with Gasteiger partial charge in [0, 0.05) is 59.0 Å². The molecule has 2 aliphatic carbocycles. The molecule has 7 aromatic carbocycles. The fourth-order valence-electron chi connectivity index (χ4n) is 14.1. The SMILES string of the molecule is CC(C)(C)c1ccc(N2c3cc4sc5cc6c(cc5c4cc3B3c4c(cc5ccccc5c42)-c2cc(C(C)(C)C)cc4c2N3C2(C)CCCCC42C)C(C)(C)CCC6(C)C)c(-c2ccccc2)c1. The molecule has 4 heterocycles. The largest absolute Gasteiger partial charge is 0.400 e. The smallest absolute Gasteiger partial charge is 0.328 e. The highest BCUT2D eigenvalue weighted by molar-refractivity contribution is 7.26. The molecule has 0 bridgehead atoms. The second-order valence-electron chi connectivity index (χ2n) is 25.5. The van der Waals surface area contributed by atoms with Gasteiger partial charge < -0.3 is 9.71 Å². The molecule has 5 aliphatic rings. The van der Waals surface area contributed by atoms with Gasteiger partial charge in [-0.2, -0.15) is 0 Å². The lowest BCUT2D eigenvalue weighted by Gasteiger charge is -2.55. The van der Waals surface area contributed by atoms with Crippen molar-refractivity contribution in [1.29, 1.82) is 0 Å². The van der Waals surface area contributed by atoms with Gasteiger partial charge in [0.2, 0.25) is 0 Å². The number of nitrogens with zero attached hydrogens (tertiary/aromatic N) is 2. The van der Waals surface area contributed by atoms with Crippen LogP contribution >= 0.6 is 11.3 Å². The van der Waals surface area contributed by atoms with Crippen LogP contribution in [0.25, 0.3) is 53.2 Å². The number of hydrogen-bond donors (Lipinski definition) is 0. The highest BCUT2D eigenvalue weighted by Gasteiger charge is 2.63. The summed E-state index contributed by atoms with van der Waals surface area (Å²) in [4.78, 5) is 5.79. The number of hydrogen-bond acceptors (Lipinski definition) is 3. The van der Waals surface area contributed by atoms with Crippen molar-refractivity contribution in [1.82, 2.24) is 0 Å². The minimum absolute atomic E-state index is 0.000735. The van der Waals surface area contributed by atoms with Gasteiger partial charge in [0.25, 0.3) is 0 Å². The molecule has 1 fully saturated rings. The molecule has 13 rings (SSSR count). The molecule has 1 aromatic heterocycles. The summed E-state index contributed by atoms with van der Waals surface area (Å²) in [6, 6.07) is 46.4. The van der Waals surface area contributed by atoms with Crippen molar-refractivity contribution in [3.63, 3.8) is 0 Å². The van der Waals surface area contributed by atoms with Gasteiger partial charge in [-0.1, -0.05) is 162 Å². The van der Waals surface area contributed by atoms with E-state index in [0.29, 0.717) is 0 Å². The maximum atomic E-state index is 3.04. The maximum absolute atomic E-state index is 3.04. The minimum Gasteiger partial charge on any atom is -0.400 e. The van der Waals surface area contributed by atoms with Crippen molar-refractivity contribution in [2.75, 3.05) is 9.71 Å². The summed E-state index contributed by atoms with van der Waals surface area (Å²) in [6.07, 6.45) is 7.36. The quantitative estimate of drug-likeness (QED) is 0.160. The summed E-state index contributed by atoms with van der Waals surface area (Å²) >= 11 is 2.01. The van der Waals surface area contributed by atoms with E-state index in [0.717, 1.165) is 0 Å². The summed E-state index contributed by atoms with van der Waals surface area (Å²) in [6.45, 7) is 29.6. The van der Waals surface area contributed by atoms with Crippen LogP contribution in [0.15, 0.2) is 115 Å². The topological polar surface area (TPSA) is 6.48 Å². The van der Waals surface area contributed by atoms with Gasteiger partial charge in [-0.3, -0.25) is 0 Å². The fourth-order valence-corrected chi connectivity index (χ4v) is 15.3. The molecule has 4 heteroatoms. The number of benzene rings is 7. The predicted octanol–water partition coefficient (Wildman–Crippen LogP) is 16.8. The summed E-state index contributed by atoms with van der Waals surface area (Å²) in [5.41, 5.74) is 21.3. The number of anilines is 4.